The smallest absolute Gasteiger partial charge is 0.231 e. The van der Waals surface area contributed by atoms with Crippen LogP contribution < -0.4 is 10.2 Å². The zero-order chi connectivity index (χ0) is 20.6. The normalized spacial score (nSPS) is 15.5. The van der Waals surface area contributed by atoms with Crippen LogP contribution in [0.3, 0.4) is 0 Å². The predicted molar refractivity (Wildman–Crippen MR) is 116 cm³/mol. The summed E-state index contributed by atoms with van der Waals surface area (Å²) in [5.41, 5.74) is 1.72. The third-order valence-electron chi connectivity index (χ3n) is 5.42. The number of anilines is 2. The highest BCUT2D eigenvalue weighted by Crippen LogP contribution is 2.22. The third-order valence-corrected chi connectivity index (χ3v) is 5.42. The van der Waals surface area contributed by atoms with E-state index in [9.17, 15) is 9.59 Å². The molecular formula is C23H30N4O2. The Morgan fingerprint density at radius 2 is 1.83 bits per heavy atom. The van der Waals surface area contributed by atoms with Crippen LogP contribution in [0.2, 0.25) is 0 Å². The molecule has 1 aromatic heterocycles. The first-order chi connectivity index (χ1) is 14.1. The second-order valence-corrected chi connectivity index (χ2v) is 7.34. The molecule has 2 aromatic rings. The van der Waals surface area contributed by atoms with Crippen molar-refractivity contribution >= 4 is 23.3 Å². The Labute approximate surface area is 172 Å². The molecule has 0 saturated carbocycles. The molecule has 0 spiro atoms. The zero-order valence-corrected chi connectivity index (χ0v) is 17.3. The zero-order valence-electron chi connectivity index (χ0n) is 17.3. The first-order valence-corrected chi connectivity index (χ1v) is 10.5. The molecule has 0 bridgehead atoms. The van der Waals surface area contributed by atoms with Crippen molar-refractivity contribution in [3.05, 3.63) is 54.2 Å². The number of hydrogen-bond donors (Lipinski definition) is 1. The Kier molecular flexibility index (Phi) is 7.22. The number of hydrogen-bond acceptors (Lipinski definition) is 4. The van der Waals surface area contributed by atoms with Crippen molar-refractivity contribution in [2.45, 2.75) is 39.0 Å². The van der Waals surface area contributed by atoms with Gasteiger partial charge in [-0.1, -0.05) is 44.2 Å². The number of nitrogens with one attached hydrogen (secondary N) is 1. The maximum atomic E-state index is 12.7. The van der Waals surface area contributed by atoms with Crippen LogP contribution in [0, 0.1) is 0 Å². The van der Waals surface area contributed by atoms with E-state index in [1.165, 1.54) is 0 Å². The summed E-state index contributed by atoms with van der Waals surface area (Å²) in [5, 5.41) is 2.99. The van der Waals surface area contributed by atoms with Gasteiger partial charge in [0.25, 0.3) is 0 Å². The minimum absolute atomic E-state index is 0.0169. The number of carbonyl (C=O) groups is 2. The monoisotopic (exact) mass is 394 g/mol. The quantitative estimate of drug-likeness (QED) is 0.812. The molecule has 2 amide bonds. The molecule has 0 radical (unpaired) electrons. The van der Waals surface area contributed by atoms with Crippen molar-refractivity contribution in [3.8, 4) is 0 Å². The molecular weight excluding hydrogens is 364 g/mol. The maximum Gasteiger partial charge on any atom is 0.231 e. The maximum absolute atomic E-state index is 12.7. The summed E-state index contributed by atoms with van der Waals surface area (Å²) < 4.78 is 0. The Hall–Kier alpha value is -2.89. The Morgan fingerprint density at radius 1 is 1.03 bits per heavy atom. The molecule has 1 atom stereocenters. The minimum atomic E-state index is -0.177. The lowest BCUT2D eigenvalue weighted by molar-refractivity contribution is -0.130. The lowest BCUT2D eigenvalue weighted by Gasteiger charge is -2.23. The number of aromatic nitrogens is 1. The van der Waals surface area contributed by atoms with Crippen LogP contribution in [0.4, 0.5) is 11.5 Å². The Morgan fingerprint density at radius 3 is 2.48 bits per heavy atom. The SMILES string of the molecule is CCC(=O)N1CCCN(c2ccc(NC(=O)C(CC)c3ccccc3)cn2)CC1. The lowest BCUT2D eigenvalue weighted by Crippen LogP contribution is -2.34. The van der Waals surface area contributed by atoms with Crippen molar-refractivity contribution < 1.29 is 9.59 Å². The second kappa shape index (κ2) is 10.0. The van der Waals surface area contributed by atoms with Gasteiger partial charge in [0.05, 0.1) is 17.8 Å². The summed E-state index contributed by atoms with van der Waals surface area (Å²) in [6.07, 6.45) is 3.93. The molecule has 6 nitrogen and oxygen atoms in total. The molecule has 1 fully saturated rings. The first-order valence-electron chi connectivity index (χ1n) is 10.5. The van der Waals surface area contributed by atoms with Gasteiger partial charge in [-0.3, -0.25) is 9.59 Å². The van der Waals surface area contributed by atoms with Crippen molar-refractivity contribution in [1.82, 2.24) is 9.88 Å². The highest BCUT2D eigenvalue weighted by Gasteiger charge is 2.20. The van der Waals surface area contributed by atoms with E-state index in [1.807, 2.05) is 61.2 Å². The molecule has 3 rings (SSSR count). The molecule has 1 saturated heterocycles. The minimum Gasteiger partial charge on any atom is -0.355 e. The molecule has 2 heterocycles. The summed E-state index contributed by atoms with van der Waals surface area (Å²) in [6, 6.07) is 13.7. The predicted octanol–water partition coefficient (Wildman–Crippen LogP) is 3.66. The number of nitrogens with zero attached hydrogens (tertiary/aromatic N) is 3. The van der Waals surface area contributed by atoms with Gasteiger partial charge in [0.15, 0.2) is 0 Å². The van der Waals surface area contributed by atoms with E-state index in [1.54, 1.807) is 6.20 Å². The first kappa shape index (κ1) is 20.8. The van der Waals surface area contributed by atoms with Crippen LogP contribution in [0.1, 0.15) is 44.6 Å². The average Bonchev–Trinajstić information content (AvgIpc) is 3.01. The number of amides is 2. The molecule has 29 heavy (non-hydrogen) atoms. The largest absolute Gasteiger partial charge is 0.355 e. The van der Waals surface area contributed by atoms with Crippen LogP contribution >= 0.6 is 0 Å². The fraction of sp³-hybridized carbons (Fsp3) is 0.435. The molecule has 0 aliphatic carbocycles. The topological polar surface area (TPSA) is 65.5 Å². The third kappa shape index (κ3) is 5.34. The van der Waals surface area contributed by atoms with Crippen molar-refractivity contribution in [1.29, 1.82) is 0 Å². The number of carbonyl (C=O) groups excluding carboxylic acids is 2. The van der Waals surface area contributed by atoms with Gasteiger partial charge < -0.3 is 15.1 Å². The van der Waals surface area contributed by atoms with Gasteiger partial charge >= 0.3 is 0 Å². The summed E-state index contributed by atoms with van der Waals surface area (Å²) in [4.78, 5) is 33.3. The van der Waals surface area contributed by atoms with Gasteiger partial charge in [-0.25, -0.2) is 4.98 Å². The van der Waals surface area contributed by atoms with Crippen LogP contribution in [-0.2, 0) is 9.59 Å². The molecule has 1 unspecified atom stereocenters. The Bertz CT molecular complexity index is 807. The standard InChI is InChI=1S/C23H30N4O2/c1-3-20(18-9-6-5-7-10-18)23(29)25-19-11-12-21(24-17-19)26-13-8-14-27(16-15-26)22(28)4-2/h5-7,9-12,17,20H,3-4,8,13-16H2,1-2H3,(H,25,29). The van der Waals surface area contributed by atoms with Crippen molar-refractivity contribution in [2.24, 2.45) is 0 Å². The molecule has 1 aliphatic heterocycles. The van der Waals surface area contributed by atoms with Gasteiger partial charge in [-0.2, -0.15) is 0 Å². The van der Waals surface area contributed by atoms with E-state index < -0.39 is 0 Å². The number of benzene rings is 1. The van der Waals surface area contributed by atoms with Crippen molar-refractivity contribution in [2.75, 3.05) is 36.4 Å². The summed E-state index contributed by atoms with van der Waals surface area (Å²) in [5.74, 6) is 0.894. The van der Waals surface area contributed by atoms with E-state index in [-0.39, 0.29) is 17.7 Å². The molecule has 1 aliphatic rings. The molecule has 154 valence electrons. The van der Waals surface area contributed by atoms with Crippen LogP contribution in [0.15, 0.2) is 48.7 Å². The Balaban J connectivity index is 1.61. The van der Waals surface area contributed by atoms with E-state index in [2.05, 4.69) is 15.2 Å². The average molecular weight is 395 g/mol. The molecule has 1 aromatic carbocycles. The summed E-state index contributed by atoms with van der Waals surface area (Å²) in [7, 11) is 0. The van der Waals surface area contributed by atoms with Crippen molar-refractivity contribution in [3.63, 3.8) is 0 Å². The van der Waals surface area contributed by atoms with Crippen LogP contribution in [0.5, 0.6) is 0 Å². The van der Waals surface area contributed by atoms with E-state index in [0.29, 0.717) is 12.1 Å². The van der Waals surface area contributed by atoms with Gasteiger partial charge in [0.2, 0.25) is 11.8 Å². The lowest BCUT2D eigenvalue weighted by atomic mass is 9.95. The van der Waals surface area contributed by atoms with E-state index in [4.69, 9.17) is 0 Å². The molecule has 1 N–H and O–H groups in total. The van der Waals surface area contributed by atoms with Gasteiger partial charge in [-0.15, -0.1) is 0 Å². The second-order valence-electron chi connectivity index (χ2n) is 7.34. The van der Waals surface area contributed by atoms with Crippen LogP contribution in [0.25, 0.3) is 0 Å². The van der Waals surface area contributed by atoms with E-state index in [0.717, 1.165) is 50.4 Å². The highest BCUT2D eigenvalue weighted by atomic mass is 16.2. The van der Waals surface area contributed by atoms with E-state index >= 15 is 0 Å². The molecule has 6 heteroatoms. The summed E-state index contributed by atoms with van der Waals surface area (Å²) in [6.45, 7) is 7.09. The highest BCUT2D eigenvalue weighted by molar-refractivity contribution is 5.95. The fourth-order valence-corrected chi connectivity index (χ4v) is 3.75. The van der Waals surface area contributed by atoms with Gasteiger partial charge in [0.1, 0.15) is 5.82 Å². The number of pyridine rings is 1. The van der Waals surface area contributed by atoms with Gasteiger partial charge in [-0.05, 0) is 30.5 Å². The van der Waals surface area contributed by atoms with Crippen LogP contribution in [-0.4, -0.2) is 47.9 Å². The van der Waals surface area contributed by atoms with Gasteiger partial charge in [0, 0.05) is 32.6 Å². The fourth-order valence-electron chi connectivity index (χ4n) is 3.75. The number of rotatable bonds is 6. The summed E-state index contributed by atoms with van der Waals surface area (Å²) >= 11 is 0.